The molecule has 0 saturated heterocycles. The number of allylic oxidation sites excluding steroid dienone is 1. The fourth-order valence-corrected chi connectivity index (χ4v) is 3.18. The molecule has 1 aliphatic carbocycles. The standard InChI is InChI=1S/C17H22F2/c1-12-9-10-16(17(18,19)11-12)14(3)13(2)15-7-5-4-6-8-15/h4-8,13-14,16H,1,9-11H2,2-3H3/t13-,14?,16-/m0/s1. The molecule has 1 unspecified atom stereocenters. The Labute approximate surface area is 114 Å². The molecule has 0 aromatic heterocycles. The Kier molecular flexibility index (Phi) is 4.07. The Hall–Kier alpha value is -1.18. The molecule has 3 atom stereocenters. The molecule has 104 valence electrons. The van der Waals surface area contributed by atoms with Gasteiger partial charge in [-0.25, -0.2) is 8.78 Å². The maximum absolute atomic E-state index is 14.2. The summed E-state index contributed by atoms with van der Waals surface area (Å²) in [6, 6.07) is 9.96. The van der Waals surface area contributed by atoms with Crippen molar-refractivity contribution < 1.29 is 8.78 Å². The Balaban J connectivity index is 2.15. The van der Waals surface area contributed by atoms with Crippen LogP contribution in [-0.4, -0.2) is 5.92 Å². The van der Waals surface area contributed by atoms with Gasteiger partial charge < -0.3 is 0 Å². The van der Waals surface area contributed by atoms with Gasteiger partial charge in [0.25, 0.3) is 5.92 Å². The highest BCUT2D eigenvalue weighted by atomic mass is 19.3. The van der Waals surface area contributed by atoms with Gasteiger partial charge in [-0.3, -0.25) is 0 Å². The molecule has 1 saturated carbocycles. The number of benzene rings is 1. The van der Waals surface area contributed by atoms with Crippen molar-refractivity contribution in [3.8, 4) is 0 Å². The first kappa shape index (κ1) is 14.2. The number of halogens is 2. The van der Waals surface area contributed by atoms with Crippen LogP contribution in [0.1, 0.15) is 44.6 Å². The molecule has 0 radical (unpaired) electrons. The first-order valence-corrected chi connectivity index (χ1v) is 7.01. The lowest BCUT2D eigenvalue weighted by Crippen LogP contribution is -2.38. The number of alkyl halides is 2. The Bertz CT molecular complexity index is 436. The molecule has 2 rings (SSSR count). The van der Waals surface area contributed by atoms with Crippen molar-refractivity contribution in [1.29, 1.82) is 0 Å². The van der Waals surface area contributed by atoms with E-state index in [4.69, 9.17) is 0 Å². The molecule has 2 heteroatoms. The van der Waals surface area contributed by atoms with Gasteiger partial charge in [-0.05, 0) is 30.2 Å². The van der Waals surface area contributed by atoms with Crippen LogP contribution in [0.3, 0.4) is 0 Å². The summed E-state index contributed by atoms with van der Waals surface area (Å²) >= 11 is 0. The van der Waals surface area contributed by atoms with Crippen LogP contribution in [0, 0.1) is 11.8 Å². The van der Waals surface area contributed by atoms with Gasteiger partial charge in [-0.1, -0.05) is 56.3 Å². The Morgan fingerprint density at radius 2 is 1.84 bits per heavy atom. The molecule has 0 nitrogen and oxygen atoms in total. The van der Waals surface area contributed by atoms with E-state index in [1.807, 2.05) is 37.3 Å². The maximum Gasteiger partial charge on any atom is 0.254 e. The molecule has 0 spiro atoms. The van der Waals surface area contributed by atoms with Crippen molar-refractivity contribution in [2.45, 2.75) is 45.0 Å². The van der Waals surface area contributed by atoms with Crippen LogP contribution in [0.4, 0.5) is 8.78 Å². The zero-order valence-corrected chi connectivity index (χ0v) is 11.7. The van der Waals surface area contributed by atoms with E-state index in [2.05, 4.69) is 13.5 Å². The van der Waals surface area contributed by atoms with Gasteiger partial charge >= 0.3 is 0 Å². The zero-order chi connectivity index (χ0) is 14.0. The van der Waals surface area contributed by atoms with Gasteiger partial charge in [0.15, 0.2) is 0 Å². The van der Waals surface area contributed by atoms with Gasteiger partial charge in [-0.15, -0.1) is 0 Å². The summed E-state index contributed by atoms with van der Waals surface area (Å²) in [6.07, 6.45) is 1.17. The molecule has 0 bridgehead atoms. The third kappa shape index (κ3) is 3.05. The lowest BCUT2D eigenvalue weighted by Gasteiger charge is -2.38. The van der Waals surface area contributed by atoms with Crippen LogP contribution in [-0.2, 0) is 0 Å². The SMILES string of the molecule is C=C1CC[C@@H](C(C)[C@H](C)c2ccccc2)C(F)(F)C1. The molecule has 0 heterocycles. The summed E-state index contributed by atoms with van der Waals surface area (Å²) in [6.45, 7) is 7.74. The molecule has 0 aliphatic heterocycles. The van der Waals surface area contributed by atoms with Gasteiger partial charge in [0.1, 0.15) is 0 Å². The van der Waals surface area contributed by atoms with E-state index in [1.165, 1.54) is 0 Å². The monoisotopic (exact) mass is 264 g/mol. The molecule has 1 fully saturated rings. The van der Waals surface area contributed by atoms with Gasteiger partial charge in [-0.2, -0.15) is 0 Å². The molecule has 0 amide bonds. The van der Waals surface area contributed by atoms with Gasteiger partial charge in [0.2, 0.25) is 0 Å². The van der Waals surface area contributed by atoms with Crippen LogP contribution in [0.15, 0.2) is 42.5 Å². The first-order chi connectivity index (χ1) is 8.92. The average molecular weight is 264 g/mol. The predicted molar refractivity (Wildman–Crippen MR) is 75.4 cm³/mol. The topological polar surface area (TPSA) is 0 Å². The largest absolute Gasteiger partial charge is 0.254 e. The highest BCUT2D eigenvalue weighted by molar-refractivity contribution is 5.20. The van der Waals surface area contributed by atoms with E-state index in [9.17, 15) is 8.78 Å². The van der Waals surface area contributed by atoms with E-state index in [0.29, 0.717) is 12.0 Å². The third-order valence-electron chi connectivity index (χ3n) is 4.59. The zero-order valence-electron chi connectivity index (χ0n) is 11.7. The number of hydrogen-bond donors (Lipinski definition) is 0. The molecule has 0 N–H and O–H groups in total. The van der Waals surface area contributed by atoms with Gasteiger partial charge in [0, 0.05) is 12.3 Å². The van der Waals surface area contributed by atoms with Crippen LogP contribution >= 0.6 is 0 Å². The van der Waals surface area contributed by atoms with E-state index in [0.717, 1.165) is 12.0 Å². The van der Waals surface area contributed by atoms with E-state index in [1.54, 1.807) is 0 Å². The van der Waals surface area contributed by atoms with Crippen LogP contribution in [0.2, 0.25) is 0 Å². The van der Waals surface area contributed by atoms with Crippen molar-refractivity contribution in [1.82, 2.24) is 0 Å². The first-order valence-electron chi connectivity index (χ1n) is 7.01. The summed E-state index contributed by atoms with van der Waals surface area (Å²) in [5.74, 6) is -3.00. The predicted octanol–water partition coefficient (Wildman–Crippen LogP) is 5.42. The smallest absolute Gasteiger partial charge is 0.206 e. The molecule has 1 aromatic carbocycles. The van der Waals surface area contributed by atoms with Crippen LogP contribution in [0.25, 0.3) is 0 Å². The van der Waals surface area contributed by atoms with Crippen molar-refractivity contribution in [2.75, 3.05) is 0 Å². The van der Waals surface area contributed by atoms with E-state index in [-0.39, 0.29) is 18.3 Å². The molecular formula is C17H22F2. The summed E-state index contributed by atoms with van der Waals surface area (Å²) in [5.41, 5.74) is 1.84. The van der Waals surface area contributed by atoms with Crippen molar-refractivity contribution in [3.05, 3.63) is 48.0 Å². The number of rotatable bonds is 3. The van der Waals surface area contributed by atoms with E-state index < -0.39 is 11.8 Å². The summed E-state index contributed by atoms with van der Waals surface area (Å²) in [5, 5.41) is 0. The highest BCUT2D eigenvalue weighted by Crippen LogP contribution is 2.47. The molecular weight excluding hydrogens is 242 g/mol. The van der Waals surface area contributed by atoms with Crippen molar-refractivity contribution >= 4 is 0 Å². The maximum atomic E-state index is 14.2. The quantitative estimate of drug-likeness (QED) is 0.640. The second-order valence-corrected chi connectivity index (χ2v) is 5.89. The van der Waals surface area contributed by atoms with Crippen LogP contribution in [0.5, 0.6) is 0 Å². The van der Waals surface area contributed by atoms with Crippen LogP contribution < -0.4 is 0 Å². The Morgan fingerprint density at radius 3 is 2.42 bits per heavy atom. The van der Waals surface area contributed by atoms with Gasteiger partial charge in [0.05, 0.1) is 0 Å². The summed E-state index contributed by atoms with van der Waals surface area (Å²) < 4.78 is 28.4. The van der Waals surface area contributed by atoms with Crippen molar-refractivity contribution in [2.24, 2.45) is 11.8 Å². The number of hydrogen-bond acceptors (Lipinski definition) is 0. The molecule has 1 aliphatic rings. The summed E-state index contributed by atoms with van der Waals surface area (Å²) in [7, 11) is 0. The fraction of sp³-hybridized carbons (Fsp3) is 0.529. The Morgan fingerprint density at radius 1 is 1.21 bits per heavy atom. The second kappa shape index (κ2) is 5.44. The second-order valence-electron chi connectivity index (χ2n) is 5.89. The molecule has 19 heavy (non-hydrogen) atoms. The minimum Gasteiger partial charge on any atom is -0.206 e. The minimum atomic E-state index is -2.60. The highest BCUT2D eigenvalue weighted by Gasteiger charge is 2.46. The fourth-order valence-electron chi connectivity index (χ4n) is 3.18. The van der Waals surface area contributed by atoms with Crippen molar-refractivity contribution in [3.63, 3.8) is 0 Å². The third-order valence-corrected chi connectivity index (χ3v) is 4.59. The lowest BCUT2D eigenvalue weighted by molar-refractivity contribution is -0.0936. The summed E-state index contributed by atoms with van der Waals surface area (Å²) in [4.78, 5) is 0. The normalized spacial score (nSPS) is 25.9. The molecule has 1 aromatic rings. The average Bonchev–Trinajstić information content (AvgIpc) is 2.37. The van der Waals surface area contributed by atoms with E-state index >= 15 is 0 Å². The lowest BCUT2D eigenvalue weighted by atomic mass is 9.71. The minimum absolute atomic E-state index is 0.0227.